The molecule has 21 heavy (non-hydrogen) atoms. The first-order valence-corrected chi connectivity index (χ1v) is 10.2. The van der Waals surface area contributed by atoms with Crippen molar-refractivity contribution in [1.29, 1.82) is 0 Å². The van der Waals surface area contributed by atoms with Gasteiger partial charge in [0.1, 0.15) is 0 Å². The highest BCUT2D eigenvalue weighted by Crippen LogP contribution is 2.37. The fraction of sp³-hybridized carbons (Fsp3) is 0.625. The Hall–Kier alpha value is -1.20. The number of carbonyl (C=O) groups is 1. The van der Waals surface area contributed by atoms with Crippen LogP contribution >= 0.6 is 0 Å². The molecule has 0 N–H and O–H groups in total. The quantitative estimate of drug-likeness (QED) is 0.583. The molecule has 0 aliphatic rings. The minimum atomic E-state index is -1.89. The Morgan fingerprint density at radius 1 is 1.33 bits per heavy atom. The van der Waals surface area contributed by atoms with E-state index in [-0.39, 0.29) is 10.8 Å². The van der Waals surface area contributed by atoms with Crippen molar-refractivity contribution in [3.63, 3.8) is 0 Å². The van der Waals surface area contributed by atoms with Crippen LogP contribution in [0.2, 0.25) is 18.1 Å². The summed E-state index contributed by atoms with van der Waals surface area (Å²) in [4.78, 5) is 16.3. The lowest BCUT2D eigenvalue weighted by atomic mass is 10.0. The molecular formula is C16H27NO3Si. The van der Waals surface area contributed by atoms with E-state index >= 15 is 0 Å². The Morgan fingerprint density at radius 3 is 2.43 bits per heavy atom. The van der Waals surface area contributed by atoms with Crippen LogP contribution in [0.15, 0.2) is 12.3 Å². The predicted molar refractivity (Wildman–Crippen MR) is 87.4 cm³/mol. The fourth-order valence-electron chi connectivity index (χ4n) is 1.71. The van der Waals surface area contributed by atoms with Crippen LogP contribution in [0.4, 0.5) is 0 Å². The van der Waals surface area contributed by atoms with Gasteiger partial charge in [0.05, 0.1) is 13.7 Å². The van der Waals surface area contributed by atoms with Crippen LogP contribution in [0.3, 0.4) is 0 Å². The van der Waals surface area contributed by atoms with Crippen molar-refractivity contribution < 1.29 is 14.0 Å². The van der Waals surface area contributed by atoms with Crippen LogP contribution < -0.4 is 4.74 Å². The van der Waals surface area contributed by atoms with E-state index in [0.717, 1.165) is 5.56 Å². The van der Waals surface area contributed by atoms with Gasteiger partial charge in [0.2, 0.25) is 5.88 Å². The summed E-state index contributed by atoms with van der Waals surface area (Å²) in [6.07, 6.45) is 2.07. The van der Waals surface area contributed by atoms with E-state index in [1.165, 1.54) is 0 Å². The maximum Gasteiger partial charge on any atom is 0.219 e. The number of hydrogen-bond donors (Lipinski definition) is 0. The highest BCUT2D eigenvalue weighted by Gasteiger charge is 2.37. The standard InChI is InChI=1S/C16H27NO3Si/c1-8-14(18)12-9-10-17-15(19-5)13(12)11-20-21(6,7)16(2,3)4/h9-10H,8,11H2,1-7H3. The summed E-state index contributed by atoms with van der Waals surface area (Å²) in [6, 6.07) is 1.75. The normalized spacial score (nSPS) is 12.3. The Morgan fingerprint density at radius 2 is 1.95 bits per heavy atom. The lowest BCUT2D eigenvalue weighted by Gasteiger charge is -2.36. The smallest absolute Gasteiger partial charge is 0.219 e. The first-order valence-electron chi connectivity index (χ1n) is 7.33. The number of nitrogens with zero attached hydrogens (tertiary/aromatic N) is 1. The van der Waals surface area contributed by atoms with Crippen molar-refractivity contribution in [2.45, 2.75) is 58.9 Å². The van der Waals surface area contributed by atoms with Gasteiger partial charge in [0, 0.05) is 23.7 Å². The number of ketones is 1. The maximum absolute atomic E-state index is 12.1. The molecule has 0 radical (unpaired) electrons. The molecule has 0 bridgehead atoms. The summed E-state index contributed by atoms with van der Waals surface area (Å²) in [5, 5.41) is 0.122. The number of Topliss-reactive ketones (excluding diaryl/α,β-unsaturated/α-hetero) is 1. The molecule has 0 saturated carbocycles. The van der Waals surface area contributed by atoms with Gasteiger partial charge in [-0.3, -0.25) is 4.79 Å². The van der Waals surface area contributed by atoms with Gasteiger partial charge in [-0.15, -0.1) is 0 Å². The second-order valence-electron chi connectivity index (χ2n) is 6.67. The van der Waals surface area contributed by atoms with E-state index in [9.17, 15) is 4.79 Å². The number of aromatic nitrogens is 1. The topological polar surface area (TPSA) is 48.4 Å². The molecule has 118 valence electrons. The molecule has 0 amide bonds. The van der Waals surface area contributed by atoms with E-state index in [4.69, 9.17) is 9.16 Å². The van der Waals surface area contributed by atoms with Gasteiger partial charge in [-0.05, 0) is 24.2 Å². The molecule has 0 fully saturated rings. The molecule has 5 heteroatoms. The van der Waals surface area contributed by atoms with Gasteiger partial charge in [-0.2, -0.15) is 0 Å². The zero-order chi connectivity index (χ0) is 16.3. The summed E-state index contributed by atoms with van der Waals surface area (Å²) in [6.45, 7) is 13.2. The number of pyridine rings is 1. The summed E-state index contributed by atoms with van der Waals surface area (Å²) in [7, 11) is -0.318. The minimum absolute atomic E-state index is 0.0875. The summed E-state index contributed by atoms with van der Waals surface area (Å²) in [5.41, 5.74) is 1.42. The maximum atomic E-state index is 12.1. The third kappa shape index (κ3) is 4.14. The molecule has 0 spiro atoms. The van der Waals surface area contributed by atoms with Crippen molar-refractivity contribution in [3.8, 4) is 5.88 Å². The van der Waals surface area contributed by atoms with Crippen LogP contribution in [-0.4, -0.2) is 26.2 Å². The van der Waals surface area contributed by atoms with Crippen molar-refractivity contribution in [2.24, 2.45) is 0 Å². The second kappa shape index (κ2) is 6.71. The Balaban J connectivity index is 3.10. The van der Waals surface area contributed by atoms with E-state index in [1.807, 2.05) is 6.92 Å². The van der Waals surface area contributed by atoms with Crippen molar-refractivity contribution in [1.82, 2.24) is 4.98 Å². The molecule has 1 rings (SSSR count). The highest BCUT2D eigenvalue weighted by molar-refractivity contribution is 6.74. The fourth-order valence-corrected chi connectivity index (χ4v) is 2.65. The Labute approximate surface area is 129 Å². The lowest BCUT2D eigenvalue weighted by molar-refractivity contribution is 0.0984. The molecule has 1 heterocycles. The molecule has 0 aliphatic carbocycles. The van der Waals surface area contributed by atoms with Gasteiger partial charge in [-0.1, -0.05) is 27.7 Å². The Bertz CT molecular complexity index is 507. The molecule has 1 aromatic rings. The monoisotopic (exact) mass is 309 g/mol. The molecule has 0 atom stereocenters. The highest BCUT2D eigenvalue weighted by atomic mass is 28.4. The van der Waals surface area contributed by atoms with Crippen LogP contribution in [0.25, 0.3) is 0 Å². The molecule has 0 saturated heterocycles. The van der Waals surface area contributed by atoms with Gasteiger partial charge in [0.15, 0.2) is 14.1 Å². The van der Waals surface area contributed by atoms with Gasteiger partial charge >= 0.3 is 0 Å². The molecule has 0 aliphatic heterocycles. The third-order valence-corrected chi connectivity index (χ3v) is 8.69. The average molecular weight is 309 g/mol. The predicted octanol–water partition coefficient (Wildman–Crippen LogP) is 4.20. The lowest BCUT2D eigenvalue weighted by Crippen LogP contribution is -2.40. The minimum Gasteiger partial charge on any atom is -0.481 e. The number of rotatable bonds is 6. The van der Waals surface area contributed by atoms with Crippen LogP contribution in [0.5, 0.6) is 5.88 Å². The van der Waals surface area contributed by atoms with Crippen LogP contribution in [0, 0.1) is 0 Å². The average Bonchev–Trinajstić information content (AvgIpc) is 2.42. The van der Waals surface area contributed by atoms with Gasteiger partial charge in [-0.25, -0.2) is 4.98 Å². The van der Waals surface area contributed by atoms with Gasteiger partial charge < -0.3 is 9.16 Å². The van der Waals surface area contributed by atoms with Crippen molar-refractivity contribution in [2.75, 3.05) is 7.11 Å². The summed E-state index contributed by atoms with van der Waals surface area (Å²) >= 11 is 0. The second-order valence-corrected chi connectivity index (χ2v) is 11.5. The summed E-state index contributed by atoms with van der Waals surface area (Å²) < 4.78 is 11.5. The van der Waals surface area contributed by atoms with Crippen LogP contribution in [-0.2, 0) is 11.0 Å². The summed E-state index contributed by atoms with van der Waals surface area (Å²) in [5.74, 6) is 0.567. The zero-order valence-corrected chi connectivity index (χ0v) is 15.2. The number of hydrogen-bond acceptors (Lipinski definition) is 4. The Kier molecular flexibility index (Phi) is 5.70. The zero-order valence-electron chi connectivity index (χ0n) is 14.2. The van der Waals surface area contributed by atoms with Crippen molar-refractivity contribution in [3.05, 3.63) is 23.4 Å². The van der Waals surface area contributed by atoms with Crippen LogP contribution in [0.1, 0.15) is 50.0 Å². The molecular weight excluding hydrogens is 282 g/mol. The largest absolute Gasteiger partial charge is 0.481 e. The molecule has 4 nitrogen and oxygen atoms in total. The van der Waals surface area contributed by atoms with E-state index < -0.39 is 8.32 Å². The molecule has 0 aromatic carbocycles. The number of ether oxygens (including phenoxy) is 1. The van der Waals surface area contributed by atoms with E-state index in [2.05, 4.69) is 38.8 Å². The number of methoxy groups -OCH3 is 1. The SMILES string of the molecule is CCC(=O)c1ccnc(OC)c1CO[Si](C)(C)C(C)(C)C. The third-order valence-electron chi connectivity index (χ3n) is 4.21. The molecule has 1 aromatic heterocycles. The van der Waals surface area contributed by atoms with E-state index in [1.54, 1.807) is 19.4 Å². The molecule has 0 unspecified atom stereocenters. The van der Waals surface area contributed by atoms with Gasteiger partial charge in [0.25, 0.3) is 0 Å². The van der Waals surface area contributed by atoms with E-state index in [0.29, 0.717) is 24.5 Å². The first-order chi connectivity index (χ1) is 9.64. The first kappa shape index (κ1) is 17.8. The van der Waals surface area contributed by atoms with Crippen molar-refractivity contribution >= 4 is 14.1 Å². The number of carbonyl (C=O) groups excluding carboxylic acids is 1.